The van der Waals surface area contributed by atoms with Gasteiger partial charge in [-0.1, -0.05) is 32.0 Å². The smallest absolute Gasteiger partial charge is 0.401 e. The Balaban J connectivity index is 1.67. The molecule has 3 aliphatic carbocycles. The van der Waals surface area contributed by atoms with Gasteiger partial charge in [0.25, 0.3) is 0 Å². The lowest BCUT2D eigenvalue weighted by atomic mass is 9.43. The van der Waals surface area contributed by atoms with Crippen molar-refractivity contribution in [3.63, 3.8) is 0 Å². The third-order valence-electron chi connectivity index (χ3n) is 6.28. The highest BCUT2D eigenvalue weighted by atomic mass is 16.7. The molecule has 0 aromatic heterocycles. The van der Waals surface area contributed by atoms with Gasteiger partial charge in [0.2, 0.25) is 0 Å². The summed E-state index contributed by atoms with van der Waals surface area (Å²) in [7, 11) is -0.397. The van der Waals surface area contributed by atoms with Crippen molar-refractivity contribution in [2.45, 2.75) is 45.3 Å². The molecule has 1 aromatic carbocycles. The van der Waals surface area contributed by atoms with E-state index in [0.717, 1.165) is 17.8 Å². The molecule has 0 amide bonds. The van der Waals surface area contributed by atoms with Crippen LogP contribution >= 0.6 is 0 Å². The van der Waals surface area contributed by atoms with Gasteiger partial charge in [0.05, 0.1) is 23.3 Å². The maximum atomic E-state index is 9.28. The lowest BCUT2D eigenvalue weighted by Gasteiger charge is -2.64. The summed E-state index contributed by atoms with van der Waals surface area (Å²) in [5, 5.41) is 9.28. The Morgan fingerprint density at radius 2 is 2.00 bits per heavy atom. The Kier molecular flexibility index (Phi) is 2.62. The molecule has 5 rings (SSSR count). The van der Waals surface area contributed by atoms with Crippen molar-refractivity contribution in [2.24, 2.45) is 17.3 Å². The van der Waals surface area contributed by atoms with Gasteiger partial charge in [0.15, 0.2) is 0 Å². The van der Waals surface area contributed by atoms with E-state index in [-0.39, 0.29) is 11.7 Å². The first-order valence-corrected chi connectivity index (χ1v) is 7.79. The van der Waals surface area contributed by atoms with Gasteiger partial charge in [0.1, 0.15) is 0 Å². The van der Waals surface area contributed by atoms with Crippen molar-refractivity contribution in [3.05, 3.63) is 29.8 Å². The van der Waals surface area contributed by atoms with E-state index < -0.39 is 7.12 Å². The van der Waals surface area contributed by atoms with Gasteiger partial charge in [-0.2, -0.15) is 5.26 Å². The zero-order valence-corrected chi connectivity index (χ0v) is 12.8. The van der Waals surface area contributed by atoms with Crippen LogP contribution in [-0.2, 0) is 9.31 Å². The van der Waals surface area contributed by atoms with Crippen molar-refractivity contribution in [3.8, 4) is 6.07 Å². The van der Waals surface area contributed by atoms with E-state index in [1.807, 2.05) is 24.3 Å². The fourth-order valence-electron chi connectivity index (χ4n) is 4.80. The number of benzene rings is 1. The minimum atomic E-state index is -0.397. The highest BCUT2D eigenvalue weighted by Crippen LogP contribution is 2.65. The van der Waals surface area contributed by atoms with E-state index in [9.17, 15) is 5.26 Å². The molecule has 4 fully saturated rings. The molecule has 4 atom stereocenters. The largest absolute Gasteiger partial charge is 0.496 e. The van der Waals surface area contributed by atoms with Crippen molar-refractivity contribution in [2.75, 3.05) is 0 Å². The molecule has 1 aromatic rings. The Bertz CT molecular complexity index is 638. The summed E-state index contributed by atoms with van der Waals surface area (Å²) in [5.41, 5.74) is 1.64. The van der Waals surface area contributed by atoms with Crippen LogP contribution in [0.25, 0.3) is 0 Å². The second-order valence-corrected chi connectivity index (χ2v) is 7.50. The van der Waals surface area contributed by atoms with Gasteiger partial charge >= 0.3 is 7.12 Å². The maximum absolute atomic E-state index is 9.28. The molecule has 0 unspecified atom stereocenters. The van der Waals surface area contributed by atoms with Crippen LogP contribution in [0, 0.1) is 28.6 Å². The monoisotopic (exact) mass is 281 g/mol. The molecule has 3 saturated carbocycles. The molecule has 21 heavy (non-hydrogen) atoms. The molecular formula is C17H20BNO2. The number of nitriles is 1. The summed E-state index contributed by atoms with van der Waals surface area (Å²) in [6.45, 7) is 6.91. The van der Waals surface area contributed by atoms with E-state index >= 15 is 0 Å². The first-order valence-electron chi connectivity index (χ1n) is 7.79. The van der Waals surface area contributed by atoms with E-state index in [2.05, 4.69) is 26.8 Å². The summed E-state index contributed by atoms with van der Waals surface area (Å²) in [4.78, 5) is 0. The van der Waals surface area contributed by atoms with E-state index in [4.69, 9.17) is 9.31 Å². The molecule has 2 bridgehead atoms. The van der Waals surface area contributed by atoms with Gasteiger partial charge < -0.3 is 9.31 Å². The quantitative estimate of drug-likeness (QED) is 0.743. The highest BCUT2D eigenvalue weighted by Gasteiger charge is 2.68. The first-order chi connectivity index (χ1) is 9.96. The summed E-state index contributed by atoms with van der Waals surface area (Å²) in [6.07, 6.45) is 2.48. The zero-order chi connectivity index (χ0) is 14.8. The second-order valence-electron chi connectivity index (χ2n) is 7.50. The Hall–Kier alpha value is -1.31. The Morgan fingerprint density at radius 3 is 2.71 bits per heavy atom. The fraction of sp³-hybridized carbons (Fsp3) is 0.588. The minimum absolute atomic E-state index is 0.158. The van der Waals surface area contributed by atoms with Gasteiger partial charge in [-0.15, -0.1) is 0 Å². The zero-order valence-electron chi connectivity index (χ0n) is 12.8. The van der Waals surface area contributed by atoms with Gasteiger partial charge in [0, 0.05) is 5.46 Å². The maximum Gasteiger partial charge on any atom is 0.496 e. The summed E-state index contributed by atoms with van der Waals surface area (Å²) in [6, 6.07) is 9.84. The highest BCUT2D eigenvalue weighted by molar-refractivity contribution is 6.62. The lowest BCUT2D eigenvalue weighted by molar-refractivity contribution is -0.199. The molecular weight excluding hydrogens is 261 g/mol. The van der Waals surface area contributed by atoms with Crippen LogP contribution in [0.4, 0.5) is 0 Å². The molecule has 108 valence electrons. The average molecular weight is 281 g/mol. The van der Waals surface area contributed by atoms with Crippen LogP contribution in [0.3, 0.4) is 0 Å². The van der Waals surface area contributed by atoms with Gasteiger partial charge in [-0.25, -0.2) is 0 Å². The summed E-state index contributed by atoms with van der Waals surface area (Å²) < 4.78 is 12.6. The van der Waals surface area contributed by atoms with Crippen LogP contribution in [-0.4, -0.2) is 18.8 Å². The molecule has 0 radical (unpaired) electrons. The predicted molar refractivity (Wildman–Crippen MR) is 80.9 cm³/mol. The van der Waals surface area contributed by atoms with E-state index in [0.29, 0.717) is 16.9 Å². The fourth-order valence-corrected chi connectivity index (χ4v) is 4.80. The molecule has 4 aliphatic rings. The lowest BCUT2D eigenvalue weighted by Crippen LogP contribution is -2.65. The predicted octanol–water partition coefficient (Wildman–Crippen LogP) is 2.49. The Labute approximate surface area is 126 Å². The number of nitrogens with zero attached hydrogens (tertiary/aromatic N) is 1. The van der Waals surface area contributed by atoms with Crippen LogP contribution in [0.2, 0.25) is 0 Å². The molecule has 0 N–H and O–H groups in total. The minimum Gasteiger partial charge on any atom is -0.401 e. The normalized spacial score (nSPS) is 39.3. The van der Waals surface area contributed by atoms with Crippen LogP contribution in [0.15, 0.2) is 24.3 Å². The summed E-state index contributed by atoms with van der Waals surface area (Å²) in [5.74, 6) is 1.29. The number of hydrogen-bond donors (Lipinski definition) is 0. The van der Waals surface area contributed by atoms with Crippen LogP contribution in [0.1, 0.15) is 39.2 Å². The van der Waals surface area contributed by atoms with Gasteiger partial charge in [-0.05, 0) is 43.1 Å². The standard InChI is InChI=1S/C17H20BNO2/c1-16(2)12-8-14(16)17(3)15(9-12)20-18(21-17)13-7-5-4-6-11(13)10-19/h4-7,12,14-15H,8-9H2,1-3H3/t12-,14-,15-,17-/m0/s1. The molecule has 1 heterocycles. The average Bonchev–Trinajstić information content (AvgIpc) is 2.83. The van der Waals surface area contributed by atoms with Crippen molar-refractivity contribution in [1.82, 2.24) is 0 Å². The Morgan fingerprint density at radius 1 is 1.24 bits per heavy atom. The molecule has 3 nitrogen and oxygen atoms in total. The SMILES string of the molecule is CC1(C)[C@@H]2C[C@@H]3OB(c4ccccc4C#N)O[C@@]3(C)[C@H]1C2. The van der Waals surface area contributed by atoms with Crippen LogP contribution in [0.5, 0.6) is 0 Å². The molecule has 1 saturated heterocycles. The van der Waals surface area contributed by atoms with Crippen LogP contribution < -0.4 is 5.46 Å². The topological polar surface area (TPSA) is 42.2 Å². The third-order valence-corrected chi connectivity index (χ3v) is 6.28. The van der Waals surface area contributed by atoms with Gasteiger partial charge in [-0.3, -0.25) is 0 Å². The molecule has 0 spiro atoms. The van der Waals surface area contributed by atoms with E-state index in [1.54, 1.807) is 0 Å². The first kappa shape index (κ1) is 13.4. The number of hydrogen-bond acceptors (Lipinski definition) is 3. The van der Waals surface area contributed by atoms with E-state index in [1.165, 1.54) is 6.42 Å². The molecule has 1 aliphatic heterocycles. The third kappa shape index (κ3) is 1.62. The van der Waals surface area contributed by atoms with Crippen molar-refractivity contribution < 1.29 is 9.31 Å². The van der Waals surface area contributed by atoms with Crippen molar-refractivity contribution in [1.29, 1.82) is 5.26 Å². The number of rotatable bonds is 1. The van der Waals surface area contributed by atoms with Crippen molar-refractivity contribution >= 4 is 12.6 Å². The second kappa shape index (κ2) is 4.12. The summed E-state index contributed by atoms with van der Waals surface area (Å²) >= 11 is 0. The molecule has 4 heteroatoms.